The minimum Gasteiger partial charge on any atom is -0.320 e. The zero-order valence-electron chi connectivity index (χ0n) is 11.9. The van der Waals surface area contributed by atoms with E-state index in [9.17, 15) is 13.2 Å². The summed E-state index contributed by atoms with van der Waals surface area (Å²) in [6.45, 7) is 0. The van der Waals surface area contributed by atoms with Crippen molar-refractivity contribution < 1.29 is 13.2 Å². The monoisotopic (exact) mass is 373 g/mol. The Kier molecular flexibility index (Phi) is 4.01. The van der Waals surface area contributed by atoms with Crippen LogP contribution < -0.4 is 0 Å². The highest BCUT2D eigenvalue weighted by Crippen LogP contribution is 2.44. The SMILES string of the molecule is Cn1cnnc1C(c1cc(Br)cc(C(F)(F)F)c1)C1CCC1. The van der Waals surface area contributed by atoms with Gasteiger partial charge in [0.05, 0.1) is 5.56 Å². The number of hydrogen-bond donors (Lipinski definition) is 0. The second-order valence-corrected chi connectivity index (χ2v) is 6.66. The Labute approximate surface area is 134 Å². The molecule has 1 atom stereocenters. The maximum absolute atomic E-state index is 13.1. The molecule has 2 aromatic rings. The molecule has 1 saturated carbocycles. The molecule has 1 heterocycles. The standard InChI is InChI=1S/C15H15BrF3N3/c1-22-8-20-21-14(22)13(9-3-2-4-9)10-5-11(15(17,18)19)7-12(16)6-10/h5-9,13H,2-4H2,1H3. The smallest absolute Gasteiger partial charge is 0.320 e. The summed E-state index contributed by atoms with van der Waals surface area (Å²) in [5, 5.41) is 8.01. The second kappa shape index (κ2) is 5.68. The van der Waals surface area contributed by atoms with Crippen molar-refractivity contribution in [2.24, 2.45) is 13.0 Å². The van der Waals surface area contributed by atoms with Crippen molar-refractivity contribution in [1.82, 2.24) is 14.8 Å². The van der Waals surface area contributed by atoms with Crippen LogP contribution in [0.3, 0.4) is 0 Å². The van der Waals surface area contributed by atoms with E-state index in [4.69, 9.17) is 0 Å². The first-order valence-electron chi connectivity index (χ1n) is 7.08. The van der Waals surface area contributed by atoms with Gasteiger partial charge < -0.3 is 4.57 Å². The largest absolute Gasteiger partial charge is 0.416 e. The number of alkyl halides is 3. The summed E-state index contributed by atoms with van der Waals surface area (Å²) in [6.07, 6.45) is 0.349. The van der Waals surface area contributed by atoms with Gasteiger partial charge >= 0.3 is 6.18 Å². The molecule has 7 heteroatoms. The van der Waals surface area contributed by atoms with Crippen LogP contribution >= 0.6 is 15.9 Å². The van der Waals surface area contributed by atoms with E-state index in [0.717, 1.165) is 31.2 Å². The predicted molar refractivity (Wildman–Crippen MR) is 79.3 cm³/mol. The van der Waals surface area contributed by atoms with Crippen molar-refractivity contribution in [3.63, 3.8) is 0 Å². The van der Waals surface area contributed by atoms with Crippen LogP contribution in [0.4, 0.5) is 13.2 Å². The molecular formula is C15H15BrF3N3. The average Bonchev–Trinajstić information content (AvgIpc) is 2.77. The van der Waals surface area contributed by atoms with Gasteiger partial charge in [-0.2, -0.15) is 13.2 Å². The van der Waals surface area contributed by atoms with E-state index in [1.165, 1.54) is 6.07 Å². The molecule has 0 radical (unpaired) electrons. The Hall–Kier alpha value is -1.37. The lowest BCUT2D eigenvalue weighted by Crippen LogP contribution is -2.24. The summed E-state index contributed by atoms with van der Waals surface area (Å²) in [5.41, 5.74) is 0.00543. The van der Waals surface area contributed by atoms with Gasteiger partial charge in [0.25, 0.3) is 0 Å². The highest BCUT2D eigenvalue weighted by atomic mass is 79.9. The first-order chi connectivity index (χ1) is 10.4. The van der Waals surface area contributed by atoms with Crippen LogP contribution in [0.25, 0.3) is 0 Å². The highest BCUT2D eigenvalue weighted by Gasteiger charge is 2.36. The van der Waals surface area contributed by atoms with E-state index in [1.807, 2.05) is 7.05 Å². The first-order valence-corrected chi connectivity index (χ1v) is 7.87. The molecule has 0 amide bonds. The lowest BCUT2D eigenvalue weighted by molar-refractivity contribution is -0.137. The van der Waals surface area contributed by atoms with E-state index < -0.39 is 11.7 Å². The van der Waals surface area contributed by atoms with Gasteiger partial charge in [-0.1, -0.05) is 22.4 Å². The van der Waals surface area contributed by atoms with Gasteiger partial charge in [-0.3, -0.25) is 0 Å². The molecule has 0 saturated heterocycles. The van der Waals surface area contributed by atoms with Crippen LogP contribution in [0.2, 0.25) is 0 Å². The van der Waals surface area contributed by atoms with Crippen LogP contribution in [0, 0.1) is 5.92 Å². The van der Waals surface area contributed by atoms with Gasteiger partial charge in [0.2, 0.25) is 0 Å². The third-order valence-electron chi connectivity index (χ3n) is 4.25. The van der Waals surface area contributed by atoms with Crippen molar-refractivity contribution in [1.29, 1.82) is 0 Å². The molecule has 1 aromatic carbocycles. The van der Waals surface area contributed by atoms with Gasteiger partial charge in [-0.25, -0.2) is 0 Å². The number of aromatic nitrogens is 3. The van der Waals surface area contributed by atoms with Crippen LogP contribution in [-0.2, 0) is 13.2 Å². The zero-order chi connectivity index (χ0) is 15.9. The number of aryl methyl sites for hydroxylation is 1. The fraction of sp³-hybridized carbons (Fsp3) is 0.467. The van der Waals surface area contributed by atoms with Crippen LogP contribution in [0.5, 0.6) is 0 Å². The maximum Gasteiger partial charge on any atom is 0.416 e. The van der Waals surface area contributed by atoms with E-state index >= 15 is 0 Å². The summed E-state index contributed by atoms with van der Waals surface area (Å²) < 4.78 is 41.5. The molecule has 0 aliphatic heterocycles. The Bertz CT molecular complexity index is 677. The van der Waals surface area contributed by atoms with Crippen LogP contribution in [-0.4, -0.2) is 14.8 Å². The van der Waals surface area contributed by atoms with Crippen molar-refractivity contribution in [2.45, 2.75) is 31.4 Å². The maximum atomic E-state index is 13.1. The molecule has 1 unspecified atom stereocenters. The van der Waals surface area contributed by atoms with Gasteiger partial charge in [0.15, 0.2) is 0 Å². The quantitative estimate of drug-likeness (QED) is 0.791. The molecule has 0 bridgehead atoms. The van der Waals surface area contributed by atoms with Gasteiger partial charge in [-0.05, 0) is 42.5 Å². The first kappa shape index (κ1) is 15.5. The topological polar surface area (TPSA) is 30.7 Å². The van der Waals surface area contributed by atoms with E-state index in [2.05, 4.69) is 26.1 Å². The fourth-order valence-corrected chi connectivity index (χ4v) is 3.45. The minimum atomic E-state index is -4.36. The summed E-state index contributed by atoms with van der Waals surface area (Å²) in [4.78, 5) is 0. The van der Waals surface area contributed by atoms with Gasteiger partial charge in [0.1, 0.15) is 12.2 Å². The molecule has 1 fully saturated rings. The fourth-order valence-electron chi connectivity index (χ4n) is 2.93. The van der Waals surface area contributed by atoms with Gasteiger partial charge in [0, 0.05) is 17.4 Å². The molecule has 1 aromatic heterocycles. The molecule has 1 aliphatic rings. The third-order valence-corrected chi connectivity index (χ3v) is 4.71. The van der Waals surface area contributed by atoms with Crippen molar-refractivity contribution >= 4 is 15.9 Å². The van der Waals surface area contributed by atoms with Crippen molar-refractivity contribution in [3.05, 3.63) is 46.0 Å². The van der Waals surface area contributed by atoms with Crippen LogP contribution in [0.15, 0.2) is 29.0 Å². The summed E-state index contributed by atoms with van der Waals surface area (Å²) in [6, 6.07) is 4.10. The molecule has 0 N–H and O–H groups in total. The van der Waals surface area contributed by atoms with Crippen molar-refractivity contribution in [2.75, 3.05) is 0 Å². The minimum absolute atomic E-state index is 0.153. The average molecular weight is 374 g/mol. The molecule has 3 rings (SSSR count). The van der Waals surface area contributed by atoms with Crippen LogP contribution in [0.1, 0.15) is 42.1 Å². The second-order valence-electron chi connectivity index (χ2n) is 5.74. The number of hydrogen-bond acceptors (Lipinski definition) is 2. The molecular weight excluding hydrogens is 359 g/mol. The number of halogens is 4. The number of benzene rings is 1. The summed E-state index contributed by atoms with van der Waals surface area (Å²) >= 11 is 3.20. The lowest BCUT2D eigenvalue weighted by Gasteiger charge is -2.33. The number of nitrogens with zero attached hydrogens (tertiary/aromatic N) is 3. The highest BCUT2D eigenvalue weighted by molar-refractivity contribution is 9.10. The zero-order valence-corrected chi connectivity index (χ0v) is 13.5. The molecule has 1 aliphatic carbocycles. The van der Waals surface area contributed by atoms with E-state index in [1.54, 1.807) is 17.0 Å². The normalized spacial score (nSPS) is 17.3. The summed E-state index contributed by atoms with van der Waals surface area (Å²) in [7, 11) is 1.82. The molecule has 3 nitrogen and oxygen atoms in total. The van der Waals surface area contributed by atoms with Gasteiger partial charge in [-0.15, -0.1) is 10.2 Å². The van der Waals surface area contributed by atoms with E-state index in [-0.39, 0.29) is 5.92 Å². The molecule has 118 valence electrons. The Morgan fingerprint density at radius 2 is 2.00 bits per heavy atom. The third kappa shape index (κ3) is 2.91. The Balaban J connectivity index is 2.09. The Morgan fingerprint density at radius 3 is 2.50 bits per heavy atom. The van der Waals surface area contributed by atoms with E-state index in [0.29, 0.717) is 16.0 Å². The molecule has 22 heavy (non-hydrogen) atoms. The predicted octanol–water partition coefficient (Wildman–Crippen LogP) is 4.53. The lowest BCUT2D eigenvalue weighted by atomic mass is 9.72. The molecule has 0 spiro atoms. The summed E-state index contributed by atoms with van der Waals surface area (Å²) in [5.74, 6) is 0.883. The number of rotatable bonds is 3. The van der Waals surface area contributed by atoms with Crippen molar-refractivity contribution in [3.8, 4) is 0 Å². The Morgan fingerprint density at radius 1 is 1.27 bits per heavy atom.